The maximum atomic E-state index is 12.0. The number of carbonyl (C=O) groups is 1. The van der Waals surface area contributed by atoms with E-state index in [2.05, 4.69) is 15.9 Å². The molecule has 0 radical (unpaired) electrons. The Bertz CT molecular complexity index is 814. The van der Waals surface area contributed by atoms with Crippen LogP contribution in [0.3, 0.4) is 0 Å². The number of sulfone groups is 1. The van der Waals surface area contributed by atoms with E-state index >= 15 is 0 Å². The SMILES string of the molecule is CCC(=O)c1cc(OCc2ccccc2)c(Br)c(S(C)(=O)=O)c1. The number of rotatable bonds is 6. The number of halogens is 1. The maximum absolute atomic E-state index is 12.0. The zero-order valence-corrected chi connectivity index (χ0v) is 15.3. The number of carbonyl (C=O) groups excluding carboxylic acids is 1. The fourth-order valence-corrected chi connectivity index (χ4v) is 4.04. The Morgan fingerprint density at radius 1 is 1.17 bits per heavy atom. The van der Waals surface area contributed by atoms with Gasteiger partial charge < -0.3 is 4.74 Å². The number of hydrogen-bond acceptors (Lipinski definition) is 4. The van der Waals surface area contributed by atoms with Gasteiger partial charge in [0.05, 0.1) is 9.37 Å². The van der Waals surface area contributed by atoms with Crippen LogP contribution >= 0.6 is 15.9 Å². The lowest BCUT2D eigenvalue weighted by atomic mass is 10.1. The molecule has 0 aliphatic rings. The van der Waals surface area contributed by atoms with Crippen LogP contribution in [-0.4, -0.2) is 20.5 Å². The van der Waals surface area contributed by atoms with Crippen LogP contribution < -0.4 is 4.74 Å². The summed E-state index contributed by atoms with van der Waals surface area (Å²) in [6, 6.07) is 12.5. The Morgan fingerprint density at radius 2 is 1.83 bits per heavy atom. The molecule has 2 aromatic carbocycles. The molecule has 0 aromatic heterocycles. The first-order chi connectivity index (χ1) is 10.8. The molecule has 0 saturated heterocycles. The number of hydrogen-bond donors (Lipinski definition) is 0. The lowest BCUT2D eigenvalue weighted by Gasteiger charge is -2.13. The fraction of sp³-hybridized carbons (Fsp3) is 0.235. The van der Waals surface area contributed by atoms with E-state index in [0.717, 1.165) is 11.8 Å². The first kappa shape index (κ1) is 17.7. The summed E-state index contributed by atoms with van der Waals surface area (Å²) in [5.74, 6) is 0.209. The molecule has 0 fully saturated rings. The van der Waals surface area contributed by atoms with E-state index in [9.17, 15) is 13.2 Å². The van der Waals surface area contributed by atoms with Gasteiger partial charge in [-0.25, -0.2) is 8.42 Å². The summed E-state index contributed by atoms with van der Waals surface area (Å²) in [6.07, 6.45) is 1.40. The van der Waals surface area contributed by atoms with E-state index in [4.69, 9.17) is 4.74 Å². The fourth-order valence-electron chi connectivity index (χ4n) is 2.05. The Hall–Kier alpha value is -1.66. The van der Waals surface area contributed by atoms with Crippen LogP contribution in [-0.2, 0) is 16.4 Å². The second kappa shape index (κ2) is 7.27. The Balaban J connectivity index is 2.43. The van der Waals surface area contributed by atoms with Gasteiger partial charge in [0.15, 0.2) is 15.6 Å². The van der Waals surface area contributed by atoms with E-state index in [1.54, 1.807) is 13.0 Å². The van der Waals surface area contributed by atoms with Crippen molar-refractivity contribution >= 4 is 31.6 Å². The van der Waals surface area contributed by atoms with E-state index in [-0.39, 0.29) is 17.3 Å². The molecule has 0 N–H and O–H groups in total. The minimum atomic E-state index is -3.48. The van der Waals surface area contributed by atoms with Crippen LogP contribution in [0.25, 0.3) is 0 Å². The molecule has 0 unspecified atom stereocenters. The number of ketones is 1. The molecule has 6 heteroatoms. The zero-order valence-electron chi connectivity index (χ0n) is 12.9. The van der Waals surface area contributed by atoms with Gasteiger partial charge >= 0.3 is 0 Å². The first-order valence-corrected chi connectivity index (χ1v) is 9.75. The molecule has 0 atom stereocenters. The molecule has 0 heterocycles. The summed E-state index contributed by atoms with van der Waals surface area (Å²) in [5.41, 5.74) is 1.28. The normalized spacial score (nSPS) is 11.3. The van der Waals surface area contributed by atoms with Crippen molar-refractivity contribution in [2.24, 2.45) is 0 Å². The van der Waals surface area contributed by atoms with Crippen LogP contribution in [0.15, 0.2) is 51.8 Å². The second-order valence-electron chi connectivity index (χ2n) is 5.11. The van der Waals surface area contributed by atoms with Crippen molar-refractivity contribution in [1.29, 1.82) is 0 Å². The zero-order chi connectivity index (χ0) is 17.0. The standard InChI is InChI=1S/C17H17BrO4S/c1-3-14(19)13-9-15(17(18)16(10-13)23(2,20)21)22-11-12-7-5-4-6-8-12/h4-10H,3,11H2,1-2H3. The summed E-state index contributed by atoms with van der Waals surface area (Å²) in [5, 5.41) is 0. The van der Waals surface area contributed by atoms with E-state index in [0.29, 0.717) is 22.2 Å². The van der Waals surface area contributed by atoms with Gasteiger partial charge in [0.25, 0.3) is 0 Å². The third-order valence-electron chi connectivity index (χ3n) is 3.29. The first-order valence-electron chi connectivity index (χ1n) is 7.06. The Kier molecular flexibility index (Phi) is 5.59. The van der Waals surface area contributed by atoms with E-state index in [1.165, 1.54) is 6.07 Å². The lowest BCUT2D eigenvalue weighted by Crippen LogP contribution is -2.06. The molecular formula is C17H17BrO4S. The lowest BCUT2D eigenvalue weighted by molar-refractivity contribution is 0.0987. The molecule has 2 aromatic rings. The highest BCUT2D eigenvalue weighted by Gasteiger charge is 2.20. The highest BCUT2D eigenvalue weighted by Crippen LogP contribution is 2.34. The summed E-state index contributed by atoms with van der Waals surface area (Å²) < 4.78 is 30.0. The highest BCUT2D eigenvalue weighted by atomic mass is 79.9. The van der Waals surface area contributed by atoms with Crippen LogP contribution in [0.4, 0.5) is 0 Å². The third kappa shape index (κ3) is 4.42. The largest absolute Gasteiger partial charge is 0.488 e. The molecular weight excluding hydrogens is 380 g/mol. The molecule has 0 bridgehead atoms. The quantitative estimate of drug-likeness (QED) is 0.691. The molecule has 0 spiro atoms. The van der Waals surface area contributed by atoms with Gasteiger partial charge in [-0.05, 0) is 33.6 Å². The average Bonchev–Trinajstić information content (AvgIpc) is 2.53. The molecule has 0 aliphatic carbocycles. The minimum Gasteiger partial charge on any atom is -0.488 e. The van der Waals surface area contributed by atoms with Crippen LogP contribution in [0.5, 0.6) is 5.75 Å². The van der Waals surface area contributed by atoms with Gasteiger partial charge in [-0.2, -0.15) is 0 Å². The Labute approximate surface area is 144 Å². The van der Waals surface area contributed by atoms with Crippen molar-refractivity contribution in [1.82, 2.24) is 0 Å². The minimum absolute atomic E-state index is 0.0554. The smallest absolute Gasteiger partial charge is 0.176 e. The maximum Gasteiger partial charge on any atom is 0.176 e. The van der Waals surface area contributed by atoms with Crippen LogP contribution in [0.1, 0.15) is 29.3 Å². The average molecular weight is 397 g/mol. The Morgan fingerprint density at radius 3 is 2.39 bits per heavy atom. The number of benzene rings is 2. The van der Waals surface area contributed by atoms with Gasteiger partial charge in [-0.1, -0.05) is 37.3 Å². The summed E-state index contributed by atoms with van der Waals surface area (Å²) in [6.45, 7) is 2.02. The molecule has 0 saturated carbocycles. The predicted molar refractivity (Wildman–Crippen MR) is 92.6 cm³/mol. The van der Waals surface area contributed by atoms with Crippen LogP contribution in [0, 0.1) is 0 Å². The summed E-state index contributed by atoms with van der Waals surface area (Å²) in [7, 11) is -3.48. The molecule has 0 amide bonds. The van der Waals surface area contributed by atoms with E-state index < -0.39 is 9.84 Å². The van der Waals surface area contributed by atoms with Gasteiger partial charge in [-0.3, -0.25) is 4.79 Å². The number of Topliss-reactive ketones (excluding diaryl/α,β-unsaturated/α-hetero) is 1. The van der Waals surface area contributed by atoms with Gasteiger partial charge in [0.2, 0.25) is 0 Å². The molecule has 2 rings (SSSR count). The van der Waals surface area contributed by atoms with Crippen molar-refractivity contribution in [3.63, 3.8) is 0 Å². The third-order valence-corrected chi connectivity index (χ3v) is 5.49. The van der Waals surface area contributed by atoms with Crippen molar-refractivity contribution in [2.75, 3.05) is 6.26 Å². The summed E-state index contributed by atoms with van der Waals surface area (Å²) >= 11 is 3.28. The van der Waals surface area contributed by atoms with Crippen LogP contribution in [0.2, 0.25) is 0 Å². The van der Waals surface area contributed by atoms with E-state index in [1.807, 2.05) is 30.3 Å². The van der Waals surface area contributed by atoms with Gasteiger partial charge in [-0.15, -0.1) is 0 Å². The predicted octanol–water partition coefficient (Wildman–Crippen LogP) is 4.02. The second-order valence-corrected chi connectivity index (χ2v) is 7.89. The molecule has 0 aliphatic heterocycles. The van der Waals surface area contributed by atoms with Crippen molar-refractivity contribution in [3.8, 4) is 5.75 Å². The topological polar surface area (TPSA) is 60.4 Å². The highest BCUT2D eigenvalue weighted by molar-refractivity contribution is 9.10. The van der Waals surface area contributed by atoms with Crippen molar-refractivity contribution in [2.45, 2.75) is 24.8 Å². The molecule has 122 valence electrons. The molecule has 23 heavy (non-hydrogen) atoms. The number of ether oxygens (including phenoxy) is 1. The molecule has 4 nitrogen and oxygen atoms in total. The monoisotopic (exact) mass is 396 g/mol. The van der Waals surface area contributed by atoms with Gasteiger partial charge in [0, 0.05) is 18.2 Å². The summed E-state index contributed by atoms with van der Waals surface area (Å²) in [4.78, 5) is 12.0. The van der Waals surface area contributed by atoms with Crippen molar-refractivity contribution < 1.29 is 17.9 Å². The van der Waals surface area contributed by atoms with Gasteiger partial charge in [0.1, 0.15) is 12.4 Å². The van der Waals surface area contributed by atoms with Crippen molar-refractivity contribution in [3.05, 3.63) is 58.1 Å².